The molecule has 0 aliphatic carbocycles. The normalized spacial score (nSPS) is 11.5. The summed E-state index contributed by atoms with van der Waals surface area (Å²) in [5.41, 5.74) is 1.09. The first-order chi connectivity index (χ1) is 9.36. The van der Waals surface area contributed by atoms with Crippen LogP contribution in [-0.2, 0) is 16.3 Å². The van der Waals surface area contributed by atoms with Crippen LogP contribution in [0.25, 0.3) is 0 Å². The molecule has 2 aromatic rings. The first kappa shape index (κ1) is 14.4. The van der Waals surface area contributed by atoms with Crippen molar-refractivity contribution in [2.45, 2.75) is 30.1 Å². The van der Waals surface area contributed by atoms with E-state index in [1.807, 2.05) is 6.92 Å². The molecule has 0 aromatic heterocycles. The van der Waals surface area contributed by atoms with Gasteiger partial charge in [-0.1, -0.05) is 6.92 Å². The van der Waals surface area contributed by atoms with Crippen LogP contribution in [0.5, 0.6) is 11.5 Å². The average Bonchev–Trinajstić information content (AvgIpc) is 2.42. The first-order valence-electron chi connectivity index (χ1n) is 6.23. The van der Waals surface area contributed by atoms with Gasteiger partial charge in [0, 0.05) is 0 Å². The Morgan fingerprint density at radius 2 is 1.50 bits per heavy atom. The maximum absolute atomic E-state index is 12.5. The second-order valence-electron chi connectivity index (χ2n) is 4.60. The van der Waals surface area contributed by atoms with Gasteiger partial charge in [0.2, 0.25) is 9.84 Å². The Balaban J connectivity index is 2.57. The fourth-order valence-electron chi connectivity index (χ4n) is 1.94. The van der Waals surface area contributed by atoms with Crippen molar-refractivity contribution in [3.8, 4) is 11.5 Å². The third-order valence-electron chi connectivity index (χ3n) is 3.22. The molecule has 4 nitrogen and oxygen atoms in total. The minimum absolute atomic E-state index is 0.0592. The van der Waals surface area contributed by atoms with E-state index in [0.29, 0.717) is 17.5 Å². The maximum atomic E-state index is 12.5. The van der Waals surface area contributed by atoms with Gasteiger partial charge in [-0.3, -0.25) is 0 Å². The van der Waals surface area contributed by atoms with Crippen LogP contribution in [0.15, 0.2) is 46.2 Å². The molecule has 0 bridgehead atoms. The molecule has 2 N–H and O–H groups in total. The summed E-state index contributed by atoms with van der Waals surface area (Å²) in [6, 6.07) is 8.42. The average molecular weight is 292 g/mol. The molecule has 0 heterocycles. The lowest BCUT2D eigenvalue weighted by Gasteiger charge is -2.09. The van der Waals surface area contributed by atoms with Gasteiger partial charge in [0.05, 0.1) is 9.79 Å². The summed E-state index contributed by atoms with van der Waals surface area (Å²) < 4.78 is 25.0. The zero-order valence-electron chi connectivity index (χ0n) is 11.3. The Kier molecular flexibility index (Phi) is 3.72. The van der Waals surface area contributed by atoms with Crippen molar-refractivity contribution in [2.75, 3.05) is 0 Å². The van der Waals surface area contributed by atoms with Gasteiger partial charge in [-0.2, -0.15) is 0 Å². The first-order valence-corrected chi connectivity index (χ1v) is 7.71. The Morgan fingerprint density at radius 1 is 0.950 bits per heavy atom. The molecule has 0 saturated heterocycles. The van der Waals surface area contributed by atoms with E-state index >= 15 is 0 Å². The van der Waals surface area contributed by atoms with E-state index in [1.165, 1.54) is 36.4 Å². The van der Waals surface area contributed by atoms with Gasteiger partial charge in [0.1, 0.15) is 11.5 Å². The van der Waals surface area contributed by atoms with Gasteiger partial charge < -0.3 is 10.2 Å². The number of hydrogen-bond acceptors (Lipinski definition) is 4. The highest BCUT2D eigenvalue weighted by molar-refractivity contribution is 7.91. The van der Waals surface area contributed by atoms with Gasteiger partial charge in [0.15, 0.2) is 0 Å². The van der Waals surface area contributed by atoms with Crippen molar-refractivity contribution in [3.05, 3.63) is 47.5 Å². The van der Waals surface area contributed by atoms with E-state index in [-0.39, 0.29) is 21.3 Å². The minimum atomic E-state index is -3.65. The number of benzene rings is 2. The van der Waals surface area contributed by atoms with Crippen molar-refractivity contribution in [1.29, 1.82) is 0 Å². The summed E-state index contributed by atoms with van der Waals surface area (Å²) in [6.07, 6.45) is 0.545. The smallest absolute Gasteiger partial charge is 0.206 e. The Bertz CT molecular complexity index is 748. The lowest BCUT2D eigenvalue weighted by Crippen LogP contribution is -2.03. The third kappa shape index (κ3) is 2.49. The SMILES string of the molecule is CCc1cc(S(=O)(=O)c2ccc(O)c(C)c2)ccc1O. The molecule has 0 spiro atoms. The molecule has 2 rings (SSSR count). The zero-order valence-corrected chi connectivity index (χ0v) is 12.1. The molecule has 0 atom stereocenters. The molecular formula is C15H16O4S. The largest absolute Gasteiger partial charge is 0.508 e. The molecule has 20 heavy (non-hydrogen) atoms. The highest BCUT2D eigenvalue weighted by Gasteiger charge is 2.19. The summed E-state index contributed by atoms with van der Waals surface area (Å²) in [7, 11) is -3.65. The van der Waals surface area contributed by atoms with Crippen molar-refractivity contribution >= 4 is 9.84 Å². The molecule has 0 aliphatic heterocycles. The lowest BCUT2D eigenvalue weighted by molar-refractivity contribution is 0.468. The predicted molar refractivity (Wildman–Crippen MR) is 75.8 cm³/mol. The Hall–Kier alpha value is -2.01. The number of hydrogen-bond donors (Lipinski definition) is 2. The van der Waals surface area contributed by atoms with Gasteiger partial charge >= 0.3 is 0 Å². The summed E-state index contributed by atoms with van der Waals surface area (Å²) in [5.74, 6) is 0.150. The van der Waals surface area contributed by atoms with Gasteiger partial charge in [0.25, 0.3) is 0 Å². The monoisotopic (exact) mass is 292 g/mol. The van der Waals surface area contributed by atoms with E-state index in [2.05, 4.69) is 0 Å². The van der Waals surface area contributed by atoms with E-state index in [0.717, 1.165) is 0 Å². The highest BCUT2D eigenvalue weighted by Crippen LogP contribution is 2.28. The minimum Gasteiger partial charge on any atom is -0.508 e. The third-order valence-corrected chi connectivity index (χ3v) is 4.97. The van der Waals surface area contributed by atoms with E-state index < -0.39 is 9.84 Å². The quantitative estimate of drug-likeness (QED) is 0.912. The molecule has 0 fully saturated rings. The van der Waals surface area contributed by atoms with Crippen LogP contribution in [-0.4, -0.2) is 18.6 Å². The molecule has 2 aromatic carbocycles. The van der Waals surface area contributed by atoms with E-state index in [1.54, 1.807) is 6.92 Å². The maximum Gasteiger partial charge on any atom is 0.206 e. The van der Waals surface area contributed by atoms with Gasteiger partial charge in [-0.05, 0) is 60.9 Å². The van der Waals surface area contributed by atoms with Crippen molar-refractivity contribution in [3.63, 3.8) is 0 Å². The van der Waals surface area contributed by atoms with Crippen molar-refractivity contribution in [1.82, 2.24) is 0 Å². The van der Waals surface area contributed by atoms with E-state index in [4.69, 9.17) is 0 Å². The summed E-state index contributed by atoms with van der Waals surface area (Å²) in [5, 5.41) is 19.1. The second-order valence-corrected chi connectivity index (χ2v) is 6.55. The van der Waals surface area contributed by atoms with Gasteiger partial charge in [-0.25, -0.2) is 8.42 Å². The van der Waals surface area contributed by atoms with Gasteiger partial charge in [-0.15, -0.1) is 0 Å². The van der Waals surface area contributed by atoms with Crippen LogP contribution in [0.3, 0.4) is 0 Å². The van der Waals surface area contributed by atoms with Crippen LogP contribution in [0.4, 0.5) is 0 Å². The molecule has 0 unspecified atom stereocenters. The number of phenols is 2. The molecule has 5 heteroatoms. The fourth-order valence-corrected chi connectivity index (χ4v) is 3.34. The van der Waals surface area contributed by atoms with Crippen LogP contribution in [0, 0.1) is 6.92 Å². The summed E-state index contributed by atoms with van der Waals surface area (Å²) >= 11 is 0. The molecular weight excluding hydrogens is 276 g/mol. The number of rotatable bonds is 3. The Labute approximate surface area is 118 Å². The summed E-state index contributed by atoms with van der Waals surface area (Å²) in [6.45, 7) is 3.48. The number of sulfone groups is 1. The molecule has 0 radical (unpaired) electrons. The highest BCUT2D eigenvalue weighted by atomic mass is 32.2. The Morgan fingerprint density at radius 3 is 2.05 bits per heavy atom. The molecule has 0 amide bonds. The lowest BCUT2D eigenvalue weighted by atomic mass is 10.1. The number of aromatic hydroxyl groups is 2. The molecule has 0 aliphatic rings. The van der Waals surface area contributed by atoms with Crippen LogP contribution in [0.1, 0.15) is 18.1 Å². The molecule has 0 saturated carbocycles. The predicted octanol–water partition coefficient (Wildman–Crippen LogP) is 2.80. The number of aryl methyl sites for hydroxylation is 2. The van der Waals surface area contributed by atoms with Crippen LogP contribution >= 0.6 is 0 Å². The number of phenolic OH excluding ortho intramolecular Hbond substituents is 2. The van der Waals surface area contributed by atoms with Crippen molar-refractivity contribution < 1.29 is 18.6 Å². The summed E-state index contributed by atoms with van der Waals surface area (Å²) in [4.78, 5) is 0.262. The molecule has 106 valence electrons. The van der Waals surface area contributed by atoms with Crippen LogP contribution in [0.2, 0.25) is 0 Å². The second kappa shape index (κ2) is 5.17. The standard InChI is InChI=1S/C15H16O4S/c1-3-11-9-13(5-7-15(11)17)20(18,19)12-4-6-14(16)10(2)8-12/h4-9,16-17H,3H2,1-2H3. The van der Waals surface area contributed by atoms with Crippen molar-refractivity contribution in [2.24, 2.45) is 0 Å². The van der Waals surface area contributed by atoms with Crippen LogP contribution < -0.4 is 0 Å². The zero-order chi connectivity index (χ0) is 14.9. The van der Waals surface area contributed by atoms with E-state index in [9.17, 15) is 18.6 Å². The topological polar surface area (TPSA) is 74.6 Å². The fraction of sp³-hybridized carbons (Fsp3) is 0.200.